The van der Waals surface area contributed by atoms with Crippen molar-refractivity contribution in [2.45, 2.75) is 69.9 Å². The minimum Gasteiger partial charge on any atom is -0.444 e. The van der Waals surface area contributed by atoms with Gasteiger partial charge in [-0.3, -0.25) is 4.98 Å². The number of benzene rings is 1. The van der Waals surface area contributed by atoms with E-state index in [4.69, 9.17) is 9.72 Å². The zero-order valence-electron chi connectivity index (χ0n) is 20.8. The Kier molecular flexibility index (Phi) is 6.64. The summed E-state index contributed by atoms with van der Waals surface area (Å²) in [5.74, 6) is 0.390. The fraction of sp³-hybridized carbons (Fsp3) is 0.538. The normalized spacial score (nSPS) is 17.1. The van der Waals surface area contributed by atoms with Gasteiger partial charge in [-0.1, -0.05) is 6.07 Å². The fourth-order valence-electron chi connectivity index (χ4n) is 4.76. The van der Waals surface area contributed by atoms with Gasteiger partial charge >= 0.3 is 6.09 Å². The second-order valence-corrected chi connectivity index (χ2v) is 12.5. The number of pyridine rings is 1. The van der Waals surface area contributed by atoms with Crippen molar-refractivity contribution in [2.24, 2.45) is 0 Å². The van der Waals surface area contributed by atoms with E-state index in [0.717, 1.165) is 48.3 Å². The van der Waals surface area contributed by atoms with Crippen molar-refractivity contribution < 1.29 is 17.9 Å². The predicted octanol–water partition coefficient (Wildman–Crippen LogP) is 4.47. The molecule has 0 saturated carbocycles. The smallest absolute Gasteiger partial charge is 0.410 e. The van der Waals surface area contributed by atoms with Crippen molar-refractivity contribution in [3.05, 3.63) is 52.8 Å². The van der Waals surface area contributed by atoms with Gasteiger partial charge in [-0.25, -0.2) is 13.2 Å². The number of fused-ring (bicyclic) bond motifs is 1. The number of hydrogen-bond acceptors (Lipinski definition) is 6. The Morgan fingerprint density at radius 2 is 1.85 bits per heavy atom. The summed E-state index contributed by atoms with van der Waals surface area (Å²) in [4.78, 5) is 21.6. The van der Waals surface area contributed by atoms with Crippen LogP contribution < -0.4 is 4.90 Å². The maximum absolute atomic E-state index is 12.3. The SMILES string of the molecule is Cc1cc(C2CCN(C(=O)OC(C)(C)C)CC2)cnc1CN1CCc2cc(S(C)(=O)=O)ccc21. The van der Waals surface area contributed by atoms with E-state index in [1.54, 1.807) is 17.0 Å². The summed E-state index contributed by atoms with van der Waals surface area (Å²) in [5, 5.41) is 0. The number of piperidine rings is 1. The third-order valence-electron chi connectivity index (χ3n) is 6.64. The Labute approximate surface area is 203 Å². The Morgan fingerprint density at radius 3 is 2.47 bits per heavy atom. The van der Waals surface area contributed by atoms with E-state index in [9.17, 15) is 13.2 Å². The lowest BCUT2D eigenvalue weighted by Gasteiger charge is -2.33. The quantitative estimate of drug-likeness (QED) is 0.636. The zero-order chi connectivity index (χ0) is 24.7. The van der Waals surface area contributed by atoms with Gasteiger partial charge in [-0.15, -0.1) is 0 Å². The van der Waals surface area contributed by atoms with Crippen LogP contribution >= 0.6 is 0 Å². The molecule has 1 aromatic carbocycles. The summed E-state index contributed by atoms with van der Waals surface area (Å²) in [6, 6.07) is 7.65. The second-order valence-electron chi connectivity index (χ2n) is 10.5. The third-order valence-corrected chi connectivity index (χ3v) is 7.75. The molecule has 2 aliphatic heterocycles. The number of anilines is 1. The third kappa shape index (κ3) is 5.54. The molecular weight excluding hydrogens is 450 g/mol. The van der Waals surface area contributed by atoms with E-state index in [2.05, 4.69) is 17.9 Å². The molecule has 2 aliphatic rings. The van der Waals surface area contributed by atoms with Gasteiger partial charge in [0.15, 0.2) is 9.84 Å². The minimum absolute atomic E-state index is 0.231. The molecule has 1 saturated heterocycles. The molecule has 2 aromatic rings. The van der Waals surface area contributed by atoms with Crippen molar-refractivity contribution in [2.75, 3.05) is 30.8 Å². The van der Waals surface area contributed by atoms with Gasteiger partial charge < -0.3 is 14.5 Å². The van der Waals surface area contributed by atoms with E-state index < -0.39 is 15.4 Å². The van der Waals surface area contributed by atoms with Gasteiger partial charge in [0.05, 0.1) is 17.1 Å². The first-order chi connectivity index (χ1) is 15.9. The molecule has 184 valence electrons. The largest absolute Gasteiger partial charge is 0.444 e. The number of nitrogens with zero attached hydrogens (tertiary/aromatic N) is 3. The molecule has 0 unspecified atom stereocenters. The first-order valence-electron chi connectivity index (χ1n) is 11.9. The van der Waals surface area contributed by atoms with Gasteiger partial charge in [-0.05, 0) is 87.8 Å². The molecular formula is C26H35N3O4S. The van der Waals surface area contributed by atoms with Crippen molar-refractivity contribution in [1.29, 1.82) is 0 Å². The molecule has 34 heavy (non-hydrogen) atoms. The number of ether oxygens (including phenoxy) is 1. The van der Waals surface area contributed by atoms with Gasteiger partial charge in [0.1, 0.15) is 5.60 Å². The van der Waals surface area contributed by atoms with Crippen LogP contribution in [-0.2, 0) is 27.5 Å². The summed E-state index contributed by atoms with van der Waals surface area (Å²) in [6.45, 7) is 10.7. The molecule has 0 spiro atoms. The highest BCUT2D eigenvalue weighted by atomic mass is 32.2. The van der Waals surface area contributed by atoms with Gasteiger partial charge in [0.25, 0.3) is 0 Å². The molecule has 0 N–H and O–H groups in total. The first-order valence-corrected chi connectivity index (χ1v) is 13.8. The summed E-state index contributed by atoms with van der Waals surface area (Å²) in [6.07, 6.45) is 5.65. The number of carbonyl (C=O) groups excluding carboxylic acids is 1. The molecule has 0 bridgehead atoms. The second kappa shape index (κ2) is 9.21. The highest BCUT2D eigenvalue weighted by Crippen LogP contribution is 2.33. The van der Waals surface area contributed by atoms with Gasteiger partial charge in [0.2, 0.25) is 0 Å². The fourth-order valence-corrected chi connectivity index (χ4v) is 5.43. The van der Waals surface area contributed by atoms with Gasteiger partial charge in [-0.2, -0.15) is 0 Å². The molecule has 4 rings (SSSR count). The molecule has 1 amide bonds. The number of rotatable bonds is 4. The van der Waals surface area contributed by atoms with Crippen LogP contribution in [0.4, 0.5) is 10.5 Å². The summed E-state index contributed by atoms with van der Waals surface area (Å²) >= 11 is 0. The minimum atomic E-state index is -3.20. The van der Waals surface area contributed by atoms with Crippen LogP contribution in [0.15, 0.2) is 35.4 Å². The monoisotopic (exact) mass is 485 g/mol. The van der Waals surface area contributed by atoms with Crippen LogP contribution in [0.1, 0.15) is 61.9 Å². The summed E-state index contributed by atoms with van der Waals surface area (Å²) < 4.78 is 29.2. The Hall–Kier alpha value is -2.61. The van der Waals surface area contributed by atoms with Crippen molar-refractivity contribution >= 4 is 21.6 Å². The number of aromatic nitrogens is 1. The van der Waals surface area contributed by atoms with Crippen LogP contribution in [0.5, 0.6) is 0 Å². The first kappa shape index (κ1) is 24.5. The molecule has 1 fully saturated rings. The number of hydrogen-bond donors (Lipinski definition) is 0. The van der Waals surface area contributed by atoms with Crippen LogP contribution in [0.3, 0.4) is 0 Å². The molecule has 0 aliphatic carbocycles. The van der Waals surface area contributed by atoms with Crippen LogP contribution in [0.2, 0.25) is 0 Å². The highest BCUT2D eigenvalue weighted by Gasteiger charge is 2.28. The Morgan fingerprint density at radius 1 is 1.15 bits per heavy atom. The van der Waals surface area contributed by atoms with Crippen LogP contribution in [-0.4, -0.2) is 55.9 Å². The molecule has 8 heteroatoms. The van der Waals surface area contributed by atoms with E-state index in [-0.39, 0.29) is 6.09 Å². The average molecular weight is 486 g/mol. The summed E-state index contributed by atoms with van der Waals surface area (Å²) in [5.41, 5.74) is 5.12. The van der Waals surface area contributed by atoms with E-state index in [1.807, 2.05) is 33.0 Å². The highest BCUT2D eigenvalue weighted by molar-refractivity contribution is 7.90. The van der Waals surface area contributed by atoms with E-state index in [0.29, 0.717) is 30.4 Å². The Balaban J connectivity index is 1.39. The lowest BCUT2D eigenvalue weighted by molar-refractivity contribution is 0.0204. The van der Waals surface area contributed by atoms with Crippen LogP contribution in [0, 0.1) is 6.92 Å². The number of carbonyl (C=O) groups is 1. The number of likely N-dealkylation sites (tertiary alicyclic amines) is 1. The van der Waals surface area contributed by atoms with Crippen molar-refractivity contribution in [1.82, 2.24) is 9.88 Å². The van der Waals surface area contributed by atoms with E-state index in [1.165, 1.54) is 11.8 Å². The lowest BCUT2D eigenvalue weighted by atomic mass is 9.89. The topological polar surface area (TPSA) is 79.8 Å². The van der Waals surface area contributed by atoms with Crippen molar-refractivity contribution in [3.8, 4) is 0 Å². The standard InChI is InChI=1S/C26H35N3O4S/c1-18-14-21(19-8-11-28(12-9-19)25(30)33-26(2,3)4)16-27-23(18)17-29-13-10-20-15-22(34(5,31)32)6-7-24(20)29/h6-7,14-16,19H,8-13,17H2,1-5H3. The summed E-state index contributed by atoms with van der Waals surface area (Å²) in [7, 11) is -3.20. The average Bonchev–Trinajstić information content (AvgIpc) is 3.15. The molecule has 7 nitrogen and oxygen atoms in total. The maximum atomic E-state index is 12.3. The molecule has 0 radical (unpaired) electrons. The number of aryl methyl sites for hydroxylation is 1. The number of amides is 1. The number of sulfone groups is 1. The zero-order valence-corrected chi connectivity index (χ0v) is 21.6. The molecule has 1 aromatic heterocycles. The lowest BCUT2D eigenvalue weighted by Crippen LogP contribution is -2.41. The van der Waals surface area contributed by atoms with Crippen molar-refractivity contribution in [3.63, 3.8) is 0 Å². The molecule has 3 heterocycles. The van der Waals surface area contributed by atoms with E-state index >= 15 is 0 Å². The Bertz CT molecular complexity index is 1180. The van der Waals surface area contributed by atoms with Crippen LogP contribution in [0.25, 0.3) is 0 Å². The maximum Gasteiger partial charge on any atom is 0.410 e. The molecule has 0 atom stereocenters. The van der Waals surface area contributed by atoms with Gasteiger partial charge in [0, 0.05) is 37.8 Å². The predicted molar refractivity (Wildman–Crippen MR) is 133 cm³/mol.